The lowest BCUT2D eigenvalue weighted by atomic mass is 10.1. The van der Waals surface area contributed by atoms with Crippen molar-refractivity contribution < 1.29 is 9.90 Å². The lowest BCUT2D eigenvalue weighted by Gasteiger charge is -1.98. The Bertz CT molecular complexity index is 431. The molecule has 0 aromatic carbocycles. The molecule has 1 aliphatic heterocycles. The van der Waals surface area contributed by atoms with Crippen LogP contribution in [0.2, 0.25) is 0 Å². The zero-order valence-electron chi connectivity index (χ0n) is 7.85. The molecule has 78 valence electrons. The fourth-order valence-corrected chi connectivity index (χ4v) is 1.88. The zero-order valence-corrected chi connectivity index (χ0v) is 9.44. The molecule has 0 bridgehead atoms. The van der Waals surface area contributed by atoms with Crippen LogP contribution < -0.4 is 0 Å². The molecule has 0 saturated heterocycles. The Hall–Kier alpha value is -1.23. The van der Waals surface area contributed by atoms with Gasteiger partial charge in [0.2, 0.25) is 0 Å². The maximum atomic E-state index is 10.7. The van der Waals surface area contributed by atoms with Gasteiger partial charge in [0.1, 0.15) is 10.6 Å². The fraction of sp³-hybridized carbons (Fsp3) is 0.300. The predicted molar refractivity (Wildman–Crippen MR) is 59.1 cm³/mol. The van der Waals surface area contributed by atoms with Crippen molar-refractivity contribution in [2.24, 2.45) is 4.99 Å². The number of hydrogen-bond donors (Lipinski definition) is 1. The molecule has 4 nitrogen and oxygen atoms in total. The number of halogens is 1. The van der Waals surface area contributed by atoms with E-state index in [1.807, 2.05) is 18.2 Å². The standard InChI is InChI=1S/C10H9BrN2O2/c11-9-3-1-2-6(13-9)7-4-5-8(12-7)10(14)15/h1-3,8H,4-5H2,(H,14,15)/t8-/m0/s1. The lowest BCUT2D eigenvalue weighted by molar-refractivity contribution is -0.138. The first-order chi connectivity index (χ1) is 7.16. The van der Waals surface area contributed by atoms with Gasteiger partial charge in [-0.25, -0.2) is 9.78 Å². The molecule has 1 aromatic heterocycles. The summed E-state index contributed by atoms with van der Waals surface area (Å²) in [6, 6.07) is 4.94. The molecule has 0 radical (unpaired) electrons. The average Bonchev–Trinajstić information content (AvgIpc) is 2.66. The molecule has 1 atom stereocenters. The minimum Gasteiger partial charge on any atom is -0.480 e. The largest absolute Gasteiger partial charge is 0.480 e. The van der Waals surface area contributed by atoms with E-state index in [0.717, 1.165) is 16.0 Å². The molecule has 1 aliphatic rings. The summed E-state index contributed by atoms with van der Waals surface area (Å²) in [6.07, 6.45) is 1.25. The van der Waals surface area contributed by atoms with E-state index < -0.39 is 12.0 Å². The molecule has 0 fully saturated rings. The molecule has 15 heavy (non-hydrogen) atoms. The van der Waals surface area contributed by atoms with Crippen LogP contribution in [-0.2, 0) is 4.79 Å². The van der Waals surface area contributed by atoms with E-state index in [-0.39, 0.29) is 0 Å². The minimum absolute atomic E-state index is 0.568. The van der Waals surface area contributed by atoms with Gasteiger partial charge in [0.15, 0.2) is 0 Å². The van der Waals surface area contributed by atoms with E-state index in [0.29, 0.717) is 12.8 Å². The van der Waals surface area contributed by atoms with Gasteiger partial charge in [-0.3, -0.25) is 4.99 Å². The summed E-state index contributed by atoms with van der Waals surface area (Å²) in [6.45, 7) is 0. The third kappa shape index (κ3) is 2.23. The Balaban J connectivity index is 2.26. The van der Waals surface area contributed by atoms with Gasteiger partial charge in [-0.15, -0.1) is 0 Å². The Morgan fingerprint density at radius 1 is 1.53 bits per heavy atom. The Morgan fingerprint density at radius 2 is 2.33 bits per heavy atom. The van der Waals surface area contributed by atoms with E-state index in [1.165, 1.54) is 0 Å². The second kappa shape index (κ2) is 4.10. The van der Waals surface area contributed by atoms with E-state index in [9.17, 15) is 4.79 Å². The number of carboxylic acid groups (broad SMARTS) is 1. The summed E-state index contributed by atoms with van der Waals surface area (Å²) in [7, 11) is 0. The highest BCUT2D eigenvalue weighted by Crippen LogP contribution is 2.18. The number of nitrogens with zero attached hydrogens (tertiary/aromatic N) is 2. The summed E-state index contributed by atoms with van der Waals surface area (Å²) in [5.74, 6) is -0.861. The van der Waals surface area contributed by atoms with Crippen molar-refractivity contribution in [1.29, 1.82) is 0 Å². The maximum Gasteiger partial charge on any atom is 0.328 e. The highest BCUT2D eigenvalue weighted by atomic mass is 79.9. The van der Waals surface area contributed by atoms with Gasteiger partial charge in [-0.1, -0.05) is 6.07 Å². The SMILES string of the molecule is O=C(O)[C@@H]1CCC(c2cccc(Br)n2)=N1. The smallest absolute Gasteiger partial charge is 0.328 e. The Morgan fingerprint density at radius 3 is 2.93 bits per heavy atom. The van der Waals surface area contributed by atoms with Crippen LogP contribution >= 0.6 is 15.9 Å². The first kappa shape index (κ1) is 10.3. The highest BCUT2D eigenvalue weighted by Gasteiger charge is 2.24. The molecule has 5 heteroatoms. The third-order valence-electron chi connectivity index (χ3n) is 2.26. The number of hydrogen-bond acceptors (Lipinski definition) is 3. The van der Waals surface area contributed by atoms with E-state index in [4.69, 9.17) is 5.11 Å². The van der Waals surface area contributed by atoms with Gasteiger partial charge < -0.3 is 5.11 Å². The number of carbonyl (C=O) groups is 1. The Kier molecular flexibility index (Phi) is 2.81. The van der Waals surface area contributed by atoms with Crippen molar-refractivity contribution in [1.82, 2.24) is 4.98 Å². The summed E-state index contributed by atoms with van der Waals surface area (Å²) < 4.78 is 0.737. The first-order valence-electron chi connectivity index (χ1n) is 4.59. The third-order valence-corrected chi connectivity index (χ3v) is 2.70. The average molecular weight is 269 g/mol. The number of aliphatic carboxylic acids is 1. The van der Waals surface area contributed by atoms with Crippen molar-refractivity contribution in [2.75, 3.05) is 0 Å². The van der Waals surface area contributed by atoms with E-state index >= 15 is 0 Å². The van der Waals surface area contributed by atoms with Gasteiger partial charge in [0.05, 0.1) is 11.4 Å². The summed E-state index contributed by atoms with van der Waals surface area (Å²) in [5.41, 5.74) is 1.54. The molecule has 2 rings (SSSR count). The van der Waals surface area contributed by atoms with Crippen LogP contribution in [0.5, 0.6) is 0 Å². The molecule has 0 saturated carbocycles. The molecule has 0 spiro atoms. The number of carboxylic acids is 1. The Labute approximate surface area is 95.2 Å². The lowest BCUT2D eigenvalue weighted by Crippen LogP contribution is -2.13. The van der Waals surface area contributed by atoms with Crippen LogP contribution in [0.3, 0.4) is 0 Å². The summed E-state index contributed by atoms with van der Waals surface area (Å²) in [4.78, 5) is 19.1. The van der Waals surface area contributed by atoms with Crippen molar-refractivity contribution in [3.05, 3.63) is 28.5 Å². The molecule has 0 unspecified atom stereocenters. The topological polar surface area (TPSA) is 62.5 Å². The second-order valence-corrected chi connectivity index (χ2v) is 4.13. The minimum atomic E-state index is -0.861. The zero-order chi connectivity index (χ0) is 10.8. The van der Waals surface area contributed by atoms with Crippen LogP contribution in [0.25, 0.3) is 0 Å². The fourth-order valence-electron chi connectivity index (χ4n) is 1.53. The molecular weight excluding hydrogens is 260 g/mol. The van der Waals surface area contributed by atoms with Gasteiger partial charge in [0, 0.05) is 0 Å². The molecule has 0 amide bonds. The van der Waals surface area contributed by atoms with E-state index in [1.54, 1.807) is 0 Å². The van der Waals surface area contributed by atoms with Gasteiger partial charge in [-0.2, -0.15) is 0 Å². The number of aliphatic imine (C=N–C) groups is 1. The van der Waals surface area contributed by atoms with Crippen molar-refractivity contribution in [2.45, 2.75) is 18.9 Å². The van der Waals surface area contributed by atoms with Crippen LogP contribution in [0.15, 0.2) is 27.8 Å². The molecular formula is C10H9BrN2O2. The maximum absolute atomic E-state index is 10.7. The molecule has 2 heterocycles. The second-order valence-electron chi connectivity index (χ2n) is 3.31. The van der Waals surface area contributed by atoms with Crippen molar-refractivity contribution in [3.8, 4) is 0 Å². The monoisotopic (exact) mass is 268 g/mol. The van der Waals surface area contributed by atoms with Crippen LogP contribution in [0, 0.1) is 0 Å². The van der Waals surface area contributed by atoms with Crippen LogP contribution in [-0.4, -0.2) is 27.8 Å². The summed E-state index contributed by atoms with van der Waals surface area (Å²) >= 11 is 3.27. The number of rotatable bonds is 2. The van der Waals surface area contributed by atoms with Gasteiger partial charge in [0.25, 0.3) is 0 Å². The molecule has 0 aliphatic carbocycles. The van der Waals surface area contributed by atoms with Crippen molar-refractivity contribution in [3.63, 3.8) is 0 Å². The predicted octanol–water partition coefficient (Wildman–Crippen LogP) is 1.88. The molecule has 1 N–H and O–H groups in total. The van der Waals surface area contributed by atoms with Crippen LogP contribution in [0.1, 0.15) is 18.5 Å². The summed E-state index contributed by atoms with van der Waals surface area (Å²) in [5, 5.41) is 8.80. The van der Waals surface area contributed by atoms with Gasteiger partial charge in [-0.05, 0) is 40.9 Å². The van der Waals surface area contributed by atoms with Crippen molar-refractivity contribution >= 4 is 27.6 Å². The van der Waals surface area contributed by atoms with E-state index in [2.05, 4.69) is 25.9 Å². The van der Waals surface area contributed by atoms with Gasteiger partial charge >= 0.3 is 5.97 Å². The first-order valence-corrected chi connectivity index (χ1v) is 5.38. The number of pyridine rings is 1. The quantitative estimate of drug-likeness (QED) is 0.834. The van der Waals surface area contributed by atoms with Crippen LogP contribution in [0.4, 0.5) is 0 Å². The highest BCUT2D eigenvalue weighted by molar-refractivity contribution is 9.10. The number of aromatic nitrogens is 1. The normalized spacial score (nSPS) is 20.1. The molecule has 1 aromatic rings.